The molecule has 3 aliphatic rings. The summed E-state index contributed by atoms with van der Waals surface area (Å²) in [6, 6.07) is -0.920. The molecule has 3 aliphatic heterocycles. The van der Waals surface area contributed by atoms with Crippen LogP contribution in [0.25, 0.3) is 0 Å². The molecule has 0 radical (unpaired) electrons. The molecule has 3 saturated heterocycles. The van der Waals surface area contributed by atoms with Crippen LogP contribution in [0.3, 0.4) is 0 Å². The summed E-state index contributed by atoms with van der Waals surface area (Å²) in [5.41, 5.74) is 0. The largest absolute Gasteiger partial charge is 0.394 e. The third kappa shape index (κ3) is 43.5. The van der Waals surface area contributed by atoms with Crippen molar-refractivity contribution in [3.8, 4) is 0 Å². The van der Waals surface area contributed by atoms with E-state index in [-0.39, 0.29) is 18.9 Å². The Labute approximate surface area is 622 Å². The lowest BCUT2D eigenvalue weighted by atomic mass is 9.96. The zero-order chi connectivity index (χ0) is 74.6. The molecule has 0 aliphatic carbocycles. The first-order valence-corrected chi connectivity index (χ1v) is 41.0. The lowest BCUT2D eigenvalue weighted by Gasteiger charge is -2.48. The number of hydrogen-bond acceptors (Lipinski definition) is 18. The standard InChI is InChI=1S/C84H147NO18/c1-3-5-7-9-11-13-15-17-19-21-23-25-27-29-31-32-33-34-36-37-39-41-43-45-47-49-51-53-55-57-59-61-68(89)67(85-72(90)62-60-58-56-54-52-50-48-46-44-42-40-38-35-30-28-26-24-22-20-18-16-14-12-10-8-6-4-2)66-98-82-78(96)75(93)80(70(64-87)100-82)103-84-79(97)76(94)81(71(65-88)101-84)102-83-77(95)74(92)73(91)69(63-86)99-83/h6,8,12,14,18,20,24,26,30,35,40,42,46,48,52,54,67-71,73-84,86-89,91-97H,3-5,7,9-11,13,15-17,19,21-23,25,27-29,31-34,36-39,41,43-45,47,49-51,53,55-66H2,1-2H3,(H,85,90)/b8-6-,14-12-,20-18-,26-24-,35-30-,42-40-,48-46-,54-52-. The summed E-state index contributed by atoms with van der Waals surface area (Å²) in [6.07, 6.45) is 59.3. The highest BCUT2D eigenvalue weighted by Gasteiger charge is 2.54. The van der Waals surface area contributed by atoms with E-state index < -0.39 is 124 Å². The van der Waals surface area contributed by atoms with Crippen molar-refractivity contribution >= 4 is 5.91 Å². The van der Waals surface area contributed by atoms with Crippen molar-refractivity contribution in [1.82, 2.24) is 5.32 Å². The summed E-state index contributed by atoms with van der Waals surface area (Å²) >= 11 is 0. The van der Waals surface area contributed by atoms with Gasteiger partial charge in [-0.15, -0.1) is 0 Å². The van der Waals surface area contributed by atoms with Crippen LogP contribution in [-0.4, -0.2) is 193 Å². The predicted molar refractivity (Wildman–Crippen MR) is 411 cm³/mol. The summed E-state index contributed by atoms with van der Waals surface area (Å²) in [6.45, 7) is 1.68. The Morgan fingerprint density at radius 3 is 1.03 bits per heavy atom. The first kappa shape index (κ1) is 93.9. The second kappa shape index (κ2) is 63.6. The number of ether oxygens (including phenoxy) is 6. The monoisotopic (exact) mass is 1460 g/mol. The van der Waals surface area contributed by atoms with Gasteiger partial charge < -0.3 is 89.9 Å². The maximum absolute atomic E-state index is 13.5. The van der Waals surface area contributed by atoms with Crippen molar-refractivity contribution in [2.24, 2.45) is 0 Å². The fourth-order valence-corrected chi connectivity index (χ4v) is 13.4. The Morgan fingerprint density at radius 2 is 0.670 bits per heavy atom. The van der Waals surface area contributed by atoms with Crippen molar-refractivity contribution in [2.75, 3.05) is 26.4 Å². The van der Waals surface area contributed by atoms with Gasteiger partial charge >= 0.3 is 0 Å². The maximum atomic E-state index is 13.5. The van der Waals surface area contributed by atoms with Crippen LogP contribution in [0.5, 0.6) is 0 Å². The molecule has 1 amide bonds. The van der Waals surface area contributed by atoms with E-state index in [4.69, 9.17) is 28.4 Å². The van der Waals surface area contributed by atoms with Gasteiger partial charge in [0.15, 0.2) is 18.9 Å². The second-order valence-corrected chi connectivity index (χ2v) is 28.9. The average Bonchev–Trinajstić information content (AvgIpc) is 0.781. The van der Waals surface area contributed by atoms with E-state index in [1.165, 1.54) is 173 Å². The van der Waals surface area contributed by atoms with Crippen LogP contribution < -0.4 is 5.32 Å². The molecule has 103 heavy (non-hydrogen) atoms. The summed E-state index contributed by atoms with van der Waals surface area (Å²) in [7, 11) is 0. The van der Waals surface area contributed by atoms with Gasteiger partial charge in [0.25, 0.3) is 0 Å². The van der Waals surface area contributed by atoms with Gasteiger partial charge in [0.2, 0.25) is 5.91 Å². The van der Waals surface area contributed by atoms with Gasteiger partial charge in [-0.25, -0.2) is 0 Å². The second-order valence-electron chi connectivity index (χ2n) is 28.9. The molecule has 0 saturated carbocycles. The fraction of sp³-hybridized carbons (Fsp3) is 0.798. The SMILES string of the molecule is CC/C=C\C/C=C\C/C=C\C/C=C\C/C=C\C/C=C\C/C=C\C/C=C\CCCCC(=O)NC(COC1OC(CO)C(OC2OC(CO)C(OC3OC(CO)C(O)C(O)C3O)C(O)C2O)C(O)C1O)C(O)CCCCCCCCCCCCCCCCCCCCCCCCCCCCCCCCC. The first-order chi connectivity index (χ1) is 50.3. The molecule has 0 aromatic carbocycles. The van der Waals surface area contributed by atoms with Crippen molar-refractivity contribution < 1.29 is 89.4 Å². The summed E-state index contributed by atoms with van der Waals surface area (Å²) < 4.78 is 34.5. The predicted octanol–water partition coefficient (Wildman–Crippen LogP) is 14.0. The van der Waals surface area contributed by atoms with E-state index in [0.29, 0.717) is 19.3 Å². The minimum absolute atomic E-state index is 0.205. The van der Waals surface area contributed by atoms with E-state index in [9.17, 15) is 61.0 Å². The van der Waals surface area contributed by atoms with Crippen molar-refractivity contribution in [1.29, 1.82) is 0 Å². The Balaban J connectivity index is 1.38. The lowest BCUT2D eigenvalue weighted by molar-refractivity contribution is -0.379. The molecule has 12 N–H and O–H groups in total. The first-order valence-electron chi connectivity index (χ1n) is 41.0. The van der Waals surface area contributed by atoms with Crippen LogP contribution in [0, 0.1) is 0 Å². The van der Waals surface area contributed by atoms with E-state index in [0.717, 1.165) is 83.5 Å². The molecule has 0 aromatic heterocycles. The van der Waals surface area contributed by atoms with Crippen molar-refractivity contribution in [3.63, 3.8) is 0 Å². The lowest BCUT2D eigenvalue weighted by Crippen LogP contribution is -2.66. The Kier molecular flexibility index (Phi) is 58.0. The van der Waals surface area contributed by atoms with Crippen LogP contribution in [0.4, 0.5) is 0 Å². The smallest absolute Gasteiger partial charge is 0.220 e. The highest BCUT2D eigenvalue weighted by Crippen LogP contribution is 2.33. The third-order valence-corrected chi connectivity index (χ3v) is 19.9. The van der Waals surface area contributed by atoms with Crippen LogP contribution in [0.1, 0.15) is 296 Å². The van der Waals surface area contributed by atoms with E-state index in [1.807, 2.05) is 0 Å². The van der Waals surface area contributed by atoms with Crippen molar-refractivity contribution in [2.45, 2.75) is 401 Å². The molecule has 0 spiro atoms. The number of carbonyl (C=O) groups is 1. The Morgan fingerprint density at radius 1 is 0.359 bits per heavy atom. The summed E-state index contributed by atoms with van der Waals surface area (Å²) in [4.78, 5) is 13.5. The summed E-state index contributed by atoms with van der Waals surface area (Å²) in [5, 5.41) is 121. The van der Waals surface area contributed by atoms with Crippen LogP contribution >= 0.6 is 0 Å². The molecule has 3 fully saturated rings. The van der Waals surface area contributed by atoms with E-state index in [2.05, 4.69) is 116 Å². The molecule has 596 valence electrons. The molecular weight excluding hydrogens is 1310 g/mol. The zero-order valence-electron chi connectivity index (χ0n) is 63.8. The van der Waals surface area contributed by atoms with Gasteiger partial charge in [0.1, 0.15) is 73.2 Å². The highest BCUT2D eigenvalue weighted by atomic mass is 16.8. The number of aliphatic hydroxyl groups is 11. The number of amides is 1. The topological polar surface area (TPSA) is 307 Å². The van der Waals surface area contributed by atoms with Gasteiger partial charge in [0, 0.05) is 6.42 Å². The van der Waals surface area contributed by atoms with Crippen molar-refractivity contribution in [3.05, 3.63) is 97.2 Å². The average molecular weight is 1460 g/mol. The van der Waals surface area contributed by atoms with Gasteiger partial charge in [0.05, 0.1) is 38.6 Å². The number of hydrogen-bond donors (Lipinski definition) is 12. The Hall–Kier alpha value is -3.29. The molecule has 0 aromatic rings. The molecular formula is C84H147NO18. The van der Waals surface area contributed by atoms with Gasteiger partial charge in [-0.05, 0) is 77.0 Å². The van der Waals surface area contributed by atoms with Crippen LogP contribution in [0.15, 0.2) is 97.2 Å². The van der Waals surface area contributed by atoms with Crippen LogP contribution in [0.2, 0.25) is 0 Å². The quantitative estimate of drug-likeness (QED) is 0.0199. The molecule has 19 nitrogen and oxygen atoms in total. The number of aliphatic hydroxyl groups excluding tert-OH is 11. The fourth-order valence-electron chi connectivity index (χ4n) is 13.4. The molecule has 3 heterocycles. The minimum Gasteiger partial charge on any atom is -0.394 e. The number of rotatable bonds is 64. The Bertz CT molecular complexity index is 2240. The van der Waals surface area contributed by atoms with E-state index in [1.54, 1.807) is 0 Å². The molecule has 19 heteroatoms. The zero-order valence-corrected chi connectivity index (χ0v) is 63.8. The number of nitrogens with one attached hydrogen (secondary N) is 1. The highest BCUT2D eigenvalue weighted by molar-refractivity contribution is 5.76. The van der Waals surface area contributed by atoms with Crippen LogP contribution in [-0.2, 0) is 33.2 Å². The number of unbranched alkanes of at least 4 members (excludes halogenated alkanes) is 32. The third-order valence-electron chi connectivity index (χ3n) is 19.9. The normalized spacial score (nSPS) is 26.6. The minimum atomic E-state index is -1.98. The van der Waals surface area contributed by atoms with Gasteiger partial charge in [-0.1, -0.05) is 310 Å². The summed E-state index contributed by atoms with van der Waals surface area (Å²) in [5.74, 6) is -0.285. The number of carbonyl (C=O) groups excluding carboxylic acids is 1. The molecule has 17 atom stereocenters. The molecule has 3 rings (SSSR count). The van der Waals surface area contributed by atoms with E-state index >= 15 is 0 Å². The molecule has 0 bridgehead atoms. The van der Waals surface area contributed by atoms with Gasteiger partial charge in [-0.3, -0.25) is 4.79 Å². The molecule has 17 unspecified atom stereocenters. The number of allylic oxidation sites excluding steroid dienone is 16. The maximum Gasteiger partial charge on any atom is 0.220 e. The van der Waals surface area contributed by atoms with Gasteiger partial charge in [-0.2, -0.15) is 0 Å².